The van der Waals surface area contributed by atoms with Crippen molar-refractivity contribution in [1.29, 1.82) is 0 Å². The van der Waals surface area contributed by atoms with Crippen LogP contribution in [-0.4, -0.2) is 65.5 Å². The first kappa shape index (κ1) is 18.7. The van der Waals surface area contributed by atoms with Crippen LogP contribution in [0.5, 0.6) is 0 Å². The highest BCUT2D eigenvalue weighted by atomic mass is 32.2. The molecule has 4 nitrogen and oxygen atoms in total. The Hall–Kier alpha value is -1.04. The van der Waals surface area contributed by atoms with Crippen molar-refractivity contribution in [2.45, 2.75) is 39.0 Å². The first-order chi connectivity index (χ1) is 12.1. The summed E-state index contributed by atoms with van der Waals surface area (Å²) in [6.07, 6.45) is 1.27. The van der Waals surface area contributed by atoms with E-state index >= 15 is 0 Å². The molecule has 1 amide bonds. The van der Waals surface area contributed by atoms with Crippen molar-refractivity contribution in [3.8, 4) is 0 Å². The first-order valence-corrected chi connectivity index (χ1v) is 10.5. The number of amides is 1. The van der Waals surface area contributed by atoms with Gasteiger partial charge in [0.2, 0.25) is 5.91 Å². The molecule has 2 heterocycles. The Balaban J connectivity index is 1.67. The Bertz CT molecular complexity index is 546. The molecule has 2 aliphatic heterocycles. The van der Waals surface area contributed by atoms with Crippen molar-refractivity contribution < 1.29 is 9.53 Å². The maximum absolute atomic E-state index is 12.8. The Morgan fingerprint density at radius 1 is 1.24 bits per heavy atom. The predicted octanol–water partition coefficient (Wildman–Crippen LogP) is 2.88. The van der Waals surface area contributed by atoms with E-state index in [0.29, 0.717) is 31.7 Å². The van der Waals surface area contributed by atoms with Gasteiger partial charge >= 0.3 is 0 Å². The summed E-state index contributed by atoms with van der Waals surface area (Å²) in [6, 6.07) is 10.8. The van der Waals surface area contributed by atoms with Gasteiger partial charge in [0, 0.05) is 31.4 Å². The Morgan fingerprint density at radius 3 is 2.72 bits per heavy atom. The normalized spacial score (nSPS) is 25.6. The van der Waals surface area contributed by atoms with E-state index in [4.69, 9.17) is 4.74 Å². The Labute approximate surface area is 155 Å². The first-order valence-electron chi connectivity index (χ1n) is 9.37. The molecule has 1 aromatic carbocycles. The van der Waals surface area contributed by atoms with Crippen LogP contribution in [0.2, 0.25) is 0 Å². The lowest BCUT2D eigenvalue weighted by molar-refractivity contribution is -0.132. The number of benzene rings is 1. The van der Waals surface area contributed by atoms with E-state index in [2.05, 4.69) is 30.9 Å². The standard InChI is InChI=1S/C20H30N2O2S/c1-16(2)10-22-12-19(24-14-17-6-4-3-5-7-17)11-21(13-20(22)23)18-8-9-25-15-18/h3-7,16,18-19H,8-15H2,1-2H3. The number of carbonyl (C=O) groups excluding carboxylic acids is 1. The van der Waals surface area contributed by atoms with Crippen LogP contribution < -0.4 is 0 Å². The number of thioether (sulfide) groups is 1. The second-order valence-corrected chi connectivity index (χ2v) is 8.71. The third-order valence-electron chi connectivity index (χ3n) is 4.89. The van der Waals surface area contributed by atoms with Crippen LogP contribution in [0.15, 0.2) is 30.3 Å². The lowest BCUT2D eigenvalue weighted by Crippen LogP contribution is -2.42. The summed E-state index contributed by atoms with van der Waals surface area (Å²) >= 11 is 2.00. The number of rotatable bonds is 6. The Kier molecular flexibility index (Phi) is 6.79. The minimum Gasteiger partial charge on any atom is -0.370 e. The molecule has 5 heteroatoms. The van der Waals surface area contributed by atoms with Gasteiger partial charge in [-0.1, -0.05) is 44.2 Å². The number of ether oxygens (including phenoxy) is 1. The third kappa shape index (κ3) is 5.47. The lowest BCUT2D eigenvalue weighted by Gasteiger charge is -2.28. The van der Waals surface area contributed by atoms with Crippen LogP contribution in [0.3, 0.4) is 0 Å². The zero-order chi connectivity index (χ0) is 17.6. The molecule has 3 rings (SSSR count). The molecule has 0 bridgehead atoms. The van der Waals surface area contributed by atoms with E-state index in [1.54, 1.807) is 0 Å². The third-order valence-corrected chi connectivity index (χ3v) is 6.03. The fourth-order valence-electron chi connectivity index (χ4n) is 3.60. The predicted molar refractivity (Wildman–Crippen MR) is 104 cm³/mol. The maximum atomic E-state index is 12.8. The quantitative estimate of drug-likeness (QED) is 0.779. The van der Waals surface area contributed by atoms with Crippen molar-refractivity contribution in [1.82, 2.24) is 9.80 Å². The highest BCUT2D eigenvalue weighted by Gasteiger charge is 2.33. The Morgan fingerprint density at radius 2 is 2.04 bits per heavy atom. The number of hydrogen-bond donors (Lipinski definition) is 0. The molecule has 1 aromatic rings. The fraction of sp³-hybridized carbons (Fsp3) is 0.650. The van der Waals surface area contributed by atoms with Gasteiger partial charge in [-0.2, -0.15) is 11.8 Å². The van der Waals surface area contributed by atoms with Gasteiger partial charge in [0.05, 0.1) is 19.3 Å². The molecule has 2 fully saturated rings. The van der Waals surface area contributed by atoms with Crippen molar-refractivity contribution >= 4 is 17.7 Å². The van der Waals surface area contributed by atoms with Gasteiger partial charge < -0.3 is 9.64 Å². The smallest absolute Gasteiger partial charge is 0.236 e. The average Bonchev–Trinajstić information content (AvgIpc) is 3.08. The van der Waals surface area contributed by atoms with Crippen LogP contribution in [0, 0.1) is 5.92 Å². The minimum absolute atomic E-state index is 0.0796. The topological polar surface area (TPSA) is 32.8 Å². The van der Waals surface area contributed by atoms with Crippen LogP contribution in [-0.2, 0) is 16.1 Å². The molecule has 2 atom stereocenters. The molecule has 2 saturated heterocycles. The fourth-order valence-corrected chi connectivity index (χ4v) is 4.86. The summed E-state index contributed by atoms with van der Waals surface area (Å²) in [4.78, 5) is 17.1. The molecule has 0 aliphatic carbocycles. The van der Waals surface area contributed by atoms with Gasteiger partial charge in [-0.25, -0.2) is 0 Å². The van der Waals surface area contributed by atoms with Crippen molar-refractivity contribution in [3.63, 3.8) is 0 Å². The van der Waals surface area contributed by atoms with Crippen molar-refractivity contribution in [3.05, 3.63) is 35.9 Å². The molecule has 0 aromatic heterocycles. The van der Waals surface area contributed by atoms with E-state index in [0.717, 1.165) is 18.8 Å². The van der Waals surface area contributed by atoms with E-state index in [1.165, 1.54) is 17.7 Å². The molecule has 138 valence electrons. The van der Waals surface area contributed by atoms with Crippen LogP contribution in [0.4, 0.5) is 0 Å². The molecule has 0 N–H and O–H groups in total. The molecule has 2 unspecified atom stereocenters. The van der Waals surface area contributed by atoms with E-state index < -0.39 is 0 Å². The van der Waals surface area contributed by atoms with Crippen molar-refractivity contribution in [2.24, 2.45) is 5.92 Å². The zero-order valence-electron chi connectivity index (χ0n) is 15.4. The molecule has 25 heavy (non-hydrogen) atoms. The van der Waals surface area contributed by atoms with Crippen molar-refractivity contribution in [2.75, 3.05) is 37.7 Å². The van der Waals surface area contributed by atoms with E-state index in [9.17, 15) is 4.79 Å². The highest BCUT2D eigenvalue weighted by Crippen LogP contribution is 2.24. The van der Waals surface area contributed by atoms with E-state index in [1.807, 2.05) is 34.9 Å². The molecule has 0 saturated carbocycles. The van der Waals surface area contributed by atoms with Gasteiger partial charge in [0.25, 0.3) is 0 Å². The summed E-state index contributed by atoms with van der Waals surface area (Å²) in [5.74, 6) is 3.09. The van der Waals surface area contributed by atoms with Crippen LogP contribution in [0.1, 0.15) is 25.8 Å². The van der Waals surface area contributed by atoms with Gasteiger partial charge in [-0.3, -0.25) is 9.69 Å². The second-order valence-electron chi connectivity index (χ2n) is 7.56. The summed E-state index contributed by atoms with van der Waals surface area (Å²) in [5.41, 5.74) is 1.19. The number of carbonyl (C=O) groups is 1. The van der Waals surface area contributed by atoms with E-state index in [-0.39, 0.29) is 12.0 Å². The number of hydrogen-bond acceptors (Lipinski definition) is 4. The molecule has 2 aliphatic rings. The molecule has 0 spiro atoms. The zero-order valence-corrected chi connectivity index (χ0v) is 16.2. The highest BCUT2D eigenvalue weighted by molar-refractivity contribution is 7.99. The van der Waals surface area contributed by atoms with Gasteiger partial charge in [0.15, 0.2) is 0 Å². The summed E-state index contributed by atoms with van der Waals surface area (Å²) in [7, 11) is 0. The lowest BCUT2D eigenvalue weighted by atomic mass is 10.2. The summed E-state index contributed by atoms with van der Waals surface area (Å²) < 4.78 is 6.26. The van der Waals surface area contributed by atoms with Crippen LogP contribution in [0.25, 0.3) is 0 Å². The van der Waals surface area contributed by atoms with Gasteiger partial charge in [-0.15, -0.1) is 0 Å². The average molecular weight is 363 g/mol. The van der Waals surface area contributed by atoms with Gasteiger partial charge in [-0.05, 0) is 23.7 Å². The monoisotopic (exact) mass is 362 g/mol. The molecular formula is C20H30N2O2S. The number of nitrogens with zero attached hydrogens (tertiary/aromatic N) is 2. The summed E-state index contributed by atoms with van der Waals surface area (Å²) in [6.45, 7) is 7.88. The second kappa shape index (κ2) is 9.06. The van der Waals surface area contributed by atoms with Gasteiger partial charge in [0.1, 0.15) is 0 Å². The minimum atomic E-state index is 0.0796. The summed E-state index contributed by atoms with van der Waals surface area (Å²) in [5, 5.41) is 0. The molecule has 0 radical (unpaired) electrons. The largest absolute Gasteiger partial charge is 0.370 e. The molecular weight excluding hydrogens is 332 g/mol. The van der Waals surface area contributed by atoms with Crippen LogP contribution >= 0.6 is 11.8 Å². The maximum Gasteiger partial charge on any atom is 0.236 e. The SMILES string of the molecule is CC(C)CN1CC(OCc2ccccc2)CN(C2CCSC2)CC1=O.